The first-order valence-electron chi connectivity index (χ1n) is 3.82. The van der Waals surface area contributed by atoms with Crippen molar-refractivity contribution >= 4 is 0 Å². The topological polar surface area (TPSA) is 48.2 Å². The van der Waals surface area contributed by atoms with Crippen LogP contribution in [0, 0.1) is 0 Å². The largest absolute Gasteiger partial charge is 0.497 e. The van der Waals surface area contributed by atoms with Gasteiger partial charge in [0.15, 0.2) is 0 Å². The lowest BCUT2D eigenvalue weighted by molar-refractivity contribution is 0.308. The molecule has 1 aromatic carbocycles. The monoisotopic (exact) mass is 176 g/mol. The van der Waals surface area contributed by atoms with E-state index >= 15 is 0 Å². The molecule has 0 unspecified atom stereocenters. The van der Waals surface area contributed by atoms with E-state index < -0.39 is 0 Å². The zero-order valence-electron chi connectivity index (χ0n) is 7.10. The number of aromatic nitrogens is 2. The molecule has 2 aromatic rings. The molecule has 2 rings (SSSR count). The molecule has 0 bridgehead atoms. The van der Waals surface area contributed by atoms with Crippen molar-refractivity contribution in [2.75, 3.05) is 7.11 Å². The van der Waals surface area contributed by atoms with Gasteiger partial charge in [0, 0.05) is 5.56 Å². The number of nitrogens with zero attached hydrogens (tertiary/aromatic N) is 2. The minimum Gasteiger partial charge on any atom is -0.497 e. The minimum atomic E-state index is 0.725. The molecule has 0 aliphatic carbocycles. The quantitative estimate of drug-likeness (QED) is 0.699. The van der Waals surface area contributed by atoms with Gasteiger partial charge in [-0.3, -0.25) is 0 Å². The summed E-state index contributed by atoms with van der Waals surface area (Å²) in [6.45, 7) is 0. The van der Waals surface area contributed by atoms with E-state index in [0.717, 1.165) is 17.0 Å². The van der Waals surface area contributed by atoms with Crippen molar-refractivity contribution in [2.24, 2.45) is 0 Å². The Morgan fingerprint density at radius 2 is 2.00 bits per heavy atom. The Morgan fingerprint density at radius 3 is 2.54 bits per heavy atom. The fourth-order valence-electron chi connectivity index (χ4n) is 1.05. The number of rotatable bonds is 2. The second-order valence-corrected chi connectivity index (χ2v) is 2.52. The first-order chi connectivity index (χ1) is 6.40. The Balaban J connectivity index is 2.33. The number of benzene rings is 1. The van der Waals surface area contributed by atoms with Gasteiger partial charge in [0.05, 0.1) is 13.3 Å². The van der Waals surface area contributed by atoms with Crippen LogP contribution in [0.5, 0.6) is 5.75 Å². The predicted octanol–water partition coefficient (Wildman–Crippen LogP) is 1.75. The highest BCUT2D eigenvalue weighted by molar-refractivity contribution is 5.58. The molecule has 0 radical (unpaired) electrons. The molecule has 0 saturated carbocycles. The highest BCUT2D eigenvalue weighted by atomic mass is 16.6. The Labute approximate surface area is 75.1 Å². The van der Waals surface area contributed by atoms with Gasteiger partial charge in [-0.2, -0.15) is 0 Å². The van der Waals surface area contributed by atoms with E-state index in [1.165, 1.54) is 0 Å². The molecule has 0 atom stereocenters. The lowest BCUT2D eigenvalue weighted by Gasteiger charge is -1.98. The molecule has 13 heavy (non-hydrogen) atoms. The van der Waals surface area contributed by atoms with Crippen LogP contribution in [-0.4, -0.2) is 17.4 Å². The minimum absolute atomic E-state index is 0.725. The fourth-order valence-corrected chi connectivity index (χ4v) is 1.05. The number of hydrogen-bond acceptors (Lipinski definition) is 4. The molecule has 0 amide bonds. The third kappa shape index (κ3) is 1.51. The van der Waals surface area contributed by atoms with Crippen molar-refractivity contribution < 1.29 is 9.37 Å². The van der Waals surface area contributed by atoms with Gasteiger partial charge in [0.2, 0.25) is 0 Å². The van der Waals surface area contributed by atoms with Crippen LogP contribution in [-0.2, 0) is 0 Å². The van der Waals surface area contributed by atoms with Gasteiger partial charge >= 0.3 is 0 Å². The molecule has 0 fully saturated rings. The maximum atomic E-state index is 5.03. The predicted molar refractivity (Wildman–Crippen MR) is 46.3 cm³/mol. The highest BCUT2D eigenvalue weighted by Gasteiger charge is 2.01. The highest BCUT2D eigenvalue weighted by Crippen LogP contribution is 2.19. The van der Waals surface area contributed by atoms with Gasteiger partial charge in [0.25, 0.3) is 0 Å². The molecule has 1 aromatic heterocycles. The van der Waals surface area contributed by atoms with Crippen molar-refractivity contribution in [3.63, 3.8) is 0 Å². The van der Waals surface area contributed by atoms with E-state index in [-0.39, 0.29) is 0 Å². The van der Waals surface area contributed by atoms with E-state index in [9.17, 15) is 0 Å². The number of hydrogen-bond donors (Lipinski definition) is 0. The average Bonchev–Trinajstić information content (AvgIpc) is 2.71. The molecule has 0 N–H and O–H groups in total. The standard InChI is InChI=1S/C9H8N2O2/c1-12-8-4-2-7(3-5-8)9-6-10-13-11-9/h2-6H,1H3. The van der Waals surface area contributed by atoms with Crippen molar-refractivity contribution in [3.8, 4) is 17.0 Å². The van der Waals surface area contributed by atoms with Gasteiger partial charge < -0.3 is 4.74 Å². The SMILES string of the molecule is COc1ccc(-c2cnon2)cc1. The summed E-state index contributed by atoms with van der Waals surface area (Å²) in [7, 11) is 1.63. The summed E-state index contributed by atoms with van der Waals surface area (Å²) in [4.78, 5) is 0. The van der Waals surface area contributed by atoms with Crippen molar-refractivity contribution in [2.45, 2.75) is 0 Å². The average molecular weight is 176 g/mol. The Morgan fingerprint density at radius 1 is 1.23 bits per heavy atom. The Bertz CT molecular complexity index is 367. The van der Waals surface area contributed by atoms with Crippen LogP contribution in [0.2, 0.25) is 0 Å². The lowest BCUT2D eigenvalue weighted by atomic mass is 10.2. The molecular formula is C9H8N2O2. The fraction of sp³-hybridized carbons (Fsp3) is 0.111. The van der Waals surface area contributed by atoms with Crippen LogP contribution >= 0.6 is 0 Å². The summed E-state index contributed by atoms with van der Waals surface area (Å²) < 4.78 is 9.52. The van der Waals surface area contributed by atoms with Crippen molar-refractivity contribution in [1.29, 1.82) is 0 Å². The Hall–Kier alpha value is -1.84. The molecular weight excluding hydrogens is 168 g/mol. The van der Waals surface area contributed by atoms with Crippen molar-refractivity contribution in [1.82, 2.24) is 10.3 Å². The summed E-state index contributed by atoms with van der Waals surface area (Å²) >= 11 is 0. The van der Waals surface area contributed by atoms with Gasteiger partial charge in [-0.05, 0) is 29.4 Å². The first kappa shape index (κ1) is 7.79. The van der Waals surface area contributed by atoms with Crippen LogP contribution in [0.4, 0.5) is 0 Å². The number of ether oxygens (including phenoxy) is 1. The Kier molecular flexibility index (Phi) is 1.96. The van der Waals surface area contributed by atoms with Crippen LogP contribution in [0.25, 0.3) is 11.3 Å². The van der Waals surface area contributed by atoms with Gasteiger partial charge in [-0.25, -0.2) is 4.63 Å². The van der Waals surface area contributed by atoms with Crippen LogP contribution < -0.4 is 4.74 Å². The molecule has 0 saturated heterocycles. The molecule has 1 heterocycles. The molecule has 0 aliphatic heterocycles. The van der Waals surface area contributed by atoms with Crippen LogP contribution in [0.1, 0.15) is 0 Å². The summed E-state index contributed by atoms with van der Waals surface area (Å²) in [5.41, 5.74) is 1.68. The van der Waals surface area contributed by atoms with Gasteiger partial charge in [-0.15, -0.1) is 0 Å². The third-order valence-electron chi connectivity index (χ3n) is 1.75. The molecule has 66 valence electrons. The van der Waals surface area contributed by atoms with Crippen molar-refractivity contribution in [3.05, 3.63) is 30.5 Å². The smallest absolute Gasteiger partial charge is 0.135 e. The second kappa shape index (κ2) is 3.26. The van der Waals surface area contributed by atoms with Crippen LogP contribution in [0.3, 0.4) is 0 Å². The summed E-state index contributed by atoms with van der Waals surface area (Å²) in [5.74, 6) is 0.820. The van der Waals surface area contributed by atoms with Gasteiger partial charge in [0.1, 0.15) is 11.4 Å². The maximum Gasteiger partial charge on any atom is 0.135 e. The van der Waals surface area contributed by atoms with Gasteiger partial charge in [-0.1, -0.05) is 5.16 Å². The zero-order valence-corrected chi connectivity index (χ0v) is 7.10. The zero-order chi connectivity index (χ0) is 9.10. The summed E-state index contributed by atoms with van der Waals surface area (Å²) in [6, 6.07) is 7.53. The molecule has 0 aliphatic rings. The second-order valence-electron chi connectivity index (χ2n) is 2.52. The van der Waals surface area contributed by atoms with Crippen LogP contribution in [0.15, 0.2) is 35.1 Å². The van der Waals surface area contributed by atoms with E-state index in [2.05, 4.69) is 14.9 Å². The van der Waals surface area contributed by atoms with E-state index in [0.29, 0.717) is 0 Å². The van der Waals surface area contributed by atoms with E-state index in [4.69, 9.17) is 4.74 Å². The van der Waals surface area contributed by atoms with E-state index in [1.54, 1.807) is 13.3 Å². The number of methoxy groups -OCH3 is 1. The first-order valence-corrected chi connectivity index (χ1v) is 3.82. The third-order valence-corrected chi connectivity index (χ3v) is 1.75. The summed E-state index contributed by atoms with van der Waals surface area (Å²) in [6.07, 6.45) is 1.57. The molecule has 0 spiro atoms. The maximum absolute atomic E-state index is 5.03. The molecule has 4 heteroatoms. The lowest BCUT2D eigenvalue weighted by Crippen LogP contribution is -1.82. The van der Waals surface area contributed by atoms with E-state index in [1.807, 2.05) is 24.3 Å². The summed E-state index contributed by atoms with van der Waals surface area (Å²) in [5, 5.41) is 7.24. The normalized spacial score (nSPS) is 9.92. The molecule has 4 nitrogen and oxygen atoms in total.